The molecule has 3 atom stereocenters. The molecule has 1 aromatic carbocycles. The summed E-state index contributed by atoms with van der Waals surface area (Å²) in [4.78, 5) is 48.7. The van der Waals surface area contributed by atoms with Crippen LogP contribution in [0.4, 0.5) is 9.59 Å². The lowest BCUT2D eigenvalue weighted by Gasteiger charge is -2.26. The van der Waals surface area contributed by atoms with E-state index in [4.69, 9.17) is 34.2 Å². The molecule has 208 valence electrons. The van der Waals surface area contributed by atoms with Crippen molar-refractivity contribution in [3.05, 3.63) is 23.8 Å². The van der Waals surface area contributed by atoms with Crippen molar-refractivity contribution in [1.82, 2.24) is 0 Å². The number of esters is 2. The number of carbonyl (C=O) groups excluding carboxylic acids is 4. The average Bonchev–Trinajstić information content (AvgIpc) is 2.84. The maximum absolute atomic E-state index is 12.5. The monoisotopic (exact) mass is 525 g/mol. The molecule has 0 aromatic heterocycles. The Morgan fingerprint density at radius 1 is 0.919 bits per heavy atom. The van der Waals surface area contributed by atoms with Crippen LogP contribution >= 0.6 is 0 Å². The second-order valence-electron chi connectivity index (χ2n) is 8.70. The molecule has 2 N–H and O–H groups in total. The van der Waals surface area contributed by atoms with Crippen LogP contribution < -0.4 is 15.2 Å². The van der Waals surface area contributed by atoms with Gasteiger partial charge in [0.05, 0.1) is 13.7 Å². The van der Waals surface area contributed by atoms with E-state index in [-0.39, 0.29) is 43.5 Å². The van der Waals surface area contributed by atoms with Gasteiger partial charge in [-0.15, -0.1) is 0 Å². The standard InChI is InChI=1S/C26H39NO10/c1-7-10-22(28)33-14-13-26(27,23(29)32-6)16-19-11-12-20(36-24(30)34-17(4)8-2)21(15-19)37-25(31)35-18(5)9-3/h11-12,15,17-18H,7-10,13-14,16,27H2,1-6H3/t17-,18?,26+/m0/s1. The fourth-order valence-electron chi connectivity index (χ4n) is 3.00. The lowest BCUT2D eigenvalue weighted by Crippen LogP contribution is -2.51. The lowest BCUT2D eigenvalue weighted by atomic mass is 9.88. The largest absolute Gasteiger partial charge is 0.514 e. The molecular formula is C26H39NO10. The molecule has 0 heterocycles. The molecular weight excluding hydrogens is 486 g/mol. The van der Waals surface area contributed by atoms with Gasteiger partial charge in [-0.1, -0.05) is 26.8 Å². The fourth-order valence-corrected chi connectivity index (χ4v) is 3.00. The van der Waals surface area contributed by atoms with Gasteiger partial charge >= 0.3 is 24.2 Å². The van der Waals surface area contributed by atoms with Gasteiger partial charge in [-0.2, -0.15) is 0 Å². The Bertz CT molecular complexity index is 919. The molecule has 37 heavy (non-hydrogen) atoms. The third kappa shape index (κ3) is 11.1. The van der Waals surface area contributed by atoms with E-state index in [2.05, 4.69) is 0 Å². The summed E-state index contributed by atoms with van der Waals surface area (Å²) >= 11 is 0. The van der Waals surface area contributed by atoms with Gasteiger partial charge in [-0.05, 0) is 50.8 Å². The van der Waals surface area contributed by atoms with Crippen LogP contribution in [0.2, 0.25) is 0 Å². The normalized spacial score (nSPS) is 13.9. The van der Waals surface area contributed by atoms with Gasteiger partial charge in [0, 0.05) is 19.3 Å². The Hall–Kier alpha value is -3.34. The predicted octanol–water partition coefficient (Wildman–Crippen LogP) is 4.46. The van der Waals surface area contributed by atoms with Crippen LogP contribution in [-0.2, 0) is 35.0 Å². The molecule has 0 saturated heterocycles. The zero-order valence-corrected chi connectivity index (χ0v) is 22.5. The van der Waals surface area contributed by atoms with Crippen molar-refractivity contribution in [3.8, 4) is 11.5 Å². The molecule has 0 amide bonds. The number of benzene rings is 1. The molecule has 0 aliphatic heterocycles. The van der Waals surface area contributed by atoms with E-state index in [1.165, 1.54) is 19.2 Å². The Kier molecular flexibility index (Phi) is 13.4. The summed E-state index contributed by atoms with van der Waals surface area (Å²) < 4.78 is 30.9. The number of rotatable bonds is 14. The zero-order valence-electron chi connectivity index (χ0n) is 22.5. The number of carbonyl (C=O) groups is 4. The van der Waals surface area contributed by atoms with E-state index in [1.54, 1.807) is 19.9 Å². The van der Waals surface area contributed by atoms with Crippen LogP contribution in [0.15, 0.2) is 18.2 Å². The third-order valence-electron chi connectivity index (χ3n) is 5.52. The Labute approximate surface area is 217 Å². The summed E-state index contributed by atoms with van der Waals surface area (Å²) in [5.41, 5.74) is 5.28. The number of hydrogen-bond acceptors (Lipinski definition) is 11. The summed E-state index contributed by atoms with van der Waals surface area (Å²) in [7, 11) is 1.20. The SMILES string of the molecule is CCCC(=O)OCC[C@@](N)(Cc1ccc(OC(=O)O[C@@H](C)CC)c(OC(=O)OC(C)CC)c1)C(=O)OC. The fraction of sp³-hybridized carbons (Fsp3) is 0.615. The number of hydrogen-bond donors (Lipinski definition) is 1. The minimum Gasteiger partial charge on any atom is -0.468 e. The first kappa shape index (κ1) is 31.7. The van der Waals surface area contributed by atoms with Crippen molar-refractivity contribution < 1.29 is 47.6 Å². The second kappa shape index (κ2) is 15.7. The van der Waals surface area contributed by atoms with E-state index in [0.29, 0.717) is 24.8 Å². The minimum absolute atomic E-state index is 0.0130. The first-order valence-electron chi connectivity index (χ1n) is 12.4. The van der Waals surface area contributed by atoms with Crippen LogP contribution in [0.3, 0.4) is 0 Å². The number of nitrogens with two attached hydrogens (primary N) is 1. The number of methoxy groups -OCH3 is 1. The van der Waals surface area contributed by atoms with Crippen LogP contribution in [0, 0.1) is 0 Å². The van der Waals surface area contributed by atoms with Crippen molar-refractivity contribution in [1.29, 1.82) is 0 Å². The van der Waals surface area contributed by atoms with Gasteiger partial charge < -0.3 is 34.2 Å². The molecule has 1 rings (SSSR count). The first-order valence-corrected chi connectivity index (χ1v) is 12.4. The quantitative estimate of drug-likeness (QED) is 0.208. The molecule has 0 bridgehead atoms. The number of ether oxygens (including phenoxy) is 6. The molecule has 1 aromatic rings. The summed E-state index contributed by atoms with van der Waals surface area (Å²) in [5.74, 6) is -1.33. The molecule has 0 aliphatic rings. The van der Waals surface area contributed by atoms with Gasteiger partial charge in [0.25, 0.3) is 0 Å². The van der Waals surface area contributed by atoms with E-state index in [0.717, 1.165) is 0 Å². The molecule has 11 heteroatoms. The Morgan fingerprint density at radius 3 is 2.00 bits per heavy atom. The highest BCUT2D eigenvalue weighted by Crippen LogP contribution is 2.31. The highest BCUT2D eigenvalue weighted by molar-refractivity contribution is 5.81. The Balaban J connectivity index is 3.19. The van der Waals surface area contributed by atoms with E-state index in [9.17, 15) is 19.2 Å². The van der Waals surface area contributed by atoms with Crippen LogP contribution in [0.25, 0.3) is 0 Å². The molecule has 0 aliphatic carbocycles. The molecule has 0 fully saturated rings. The molecule has 0 radical (unpaired) electrons. The first-order chi connectivity index (χ1) is 17.5. The van der Waals surface area contributed by atoms with E-state index < -0.39 is 35.9 Å². The highest BCUT2D eigenvalue weighted by atomic mass is 16.7. The molecule has 11 nitrogen and oxygen atoms in total. The van der Waals surface area contributed by atoms with Crippen molar-refractivity contribution in [2.75, 3.05) is 13.7 Å². The summed E-state index contributed by atoms with van der Waals surface area (Å²) in [6.45, 7) is 8.85. The topological polar surface area (TPSA) is 150 Å². The van der Waals surface area contributed by atoms with E-state index in [1.807, 2.05) is 20.8 Å². The minimum atomic E-state index is -1.55. The highest BCUT2D eigenvalue weighted by Gasteiger charge is 2.36. The van der Waals surface area contributed by atoms with Crippen LogP contribution in [0.5, 0.6) is 11.5 Å². The smallest absolute Gasteiger partial charge is 0.468 e. The molecule has 0 spiro atoms. The van der Waals surface area contributed by atoms with Crippen molar-refractivity contribution in [2.45, 2.75) is 90.9 Å². The van der Waals surface area contributed by atoms with Crippen molar-refractivity contribution in [2.24, 2.45) is 5.73 Å². The van der Waals surface area contributed by atoms with Gasteiger partial charge in [0.2, 0.25) is 0 Å². The summed E-state index contributed by atoms with van der Waals surface area (Å²) in [5, 5.41) is 0. The van der Waals surface area contributed by atoms with Gasteiger partial charge in [0.15, 0.2) is 11.5 Å². The maximum Gasteiger partial charge on any atom is 0.514 e. The molecule has 0 saturated carbocycles. The zero-order chi connectivity index (χ0) is 28.0. The predicted molar refractivity (Wildman–Crippen MR) is 133 cm³/mol. The van der Waals surface area contributed by atoms with Gasteiger partial charge in [-0.3, -0.25) is 9.59 Å². The summed E-state index contributed by atoms with van der Waals surface area (Å²) in [6, 6.07) is 4.34. The van der Waals surface area contributed by atoms with Crippen molar-refractivity contribution >= 4 is 24.2 Å². The van der Waals surface area contributed by atoms with Crippen LogP contribution in [-0.4, -0.2) is 55.7 Å². The van der Waals surface area contributed by atoms with Crippen LogP contribution in [0.1, 0.15) is 72.3 Å². The van der Waals surface area contributed by atoms with Gasteiger partial charge in [0.1, 0.15) is 17.7 Å². The van der Waals surface area contributed by atoms with Crippen molar-refractivity contribution in [3.63, 3.8) is 0 Å². The summed E-state index contributed by atoms with van der Waals surface area (Å²) in [6.07, 6.45) is -0.788. The Morgan fingerprint density at radius 2 is 1.49 bits per heavy atom. The van der Waals surface area contributed by atoms with Gasteiger partial charge in [-0.25, -0.2) is 9.59 Å². The third-order valence-corrected chi connectivity index (χ3v) is 5.52. The second-order valence-corrected chi connectivity index (χ2v) is 8.70. The average molecular weight is 526 g/mol. The molecule has 1 unspecified atom stereocenters. The maximum atomic E-state index is 12.5. The lowest BCUT2D eigenvalue weighted by molar-refractivity contribution is -0.151. The van der Waals surface area contributed by atoms with E-state index >= 15 is 0 Å².